The van der Waals surface area contributed by atoms with Gasteiger partial charge in [0.25, 0.3) is 0 Å². The van der Waals surface area contributed by atoms with E-state index in [1.807, 2.05) is 0 Å². The van der Waals surface area contributed by atoms with E-state index in [2.05, 4.69) is 0 Å². The first-order valence-electron chi connectivity index (χ1n) is 2.70. The van der Waals surface area contributed by atoms with Crippen LogP contribution in [0.3, 0.4) is 0 Å². The molecule has 0 aromatic heterocycles. The van der Waals surface area contributed by atoms with Crippen LogP contribution < -0.4 is 5.84 Å². The van der Waals surface area contributed by atoms with Crippen molar-refractivity contribution < 1.29 is 4.79 Å². The number of hydrogen-bond donors (Lipinski definition) is 1. The molecule has 0 radical (unpaired) electrons. The third kappa shape index (κ3) is 3.93. The number of carbonyl (C=O) groups excluding carboxylic acids is 1. The predicted octanol–water partition coefficient (Wildman–Crippen LogP) is -1.12. The van der Waals surface area contributed by atoms with Gasteiger partial charge in [-0.15, -0.1) is 0 Å². The number of nitrogens with zero attached hydrogens (tertiary/aromatic N) is 2. The summed E-state index contributed by atoms with van der Waals surface area (Å²) < 4.78 is 0. The molecular weight excluding hydrogens is 118 g/mol. The number of rotatable bonds is 2. The second-order valence-electron chi connectivity index (χ2n) is 2.20. The fraction of sp³-hybridized carbons (Fsp3) is 0.800. The Labute approximate surface area is 55.2 Å². The van der Waals surface area contributed by atoms with Gasteiger partial charge in [0.15, 0.2) is 0 Å². The second-order valence-corrected chi connectivity index (χ2v) is 2.20. The van der Waals surface area contributed by atoms with Gasteiger partial charge in [-0.2, -0.15) is 0 Å². The Morgan fingerprint density at radius 1 is 1.44 bits per heavy atom. The molecule has 0 atom stereocenters. The summed E-state index contributed by atoms with van der Waals surface area (Å²) in [6.07, 6.45) is 0. The number of hydrazine groups is 1. The molecule has 2 N–H and O–H groups in total. The smallest absolute Gasteiger partial charge is 0.237 e. The standard InChI is InChI=1S/C5H13N3O/c1-7(2)5(9)4-8(3)6/h4,6H2,1-3H3. The first kappa shape index (κ1) is 8.39. The molecule has 0 aliphatic heterocycles. The maximum Gasteiger partial charge on any atom is 0.237 e. The summed E-state index contributed by atoms with van der Waals surface area (Å²) >= 11 is 0. The van der Waals surface area contributed by atoms with Crippen LogP contribution in [0.2, 0.25) is 0 Å². The minimum atomic E-state index is 0.0139. The Hall–Kier alpha value is -0.610. The Kier molecular flexibility index (Phi) is 3.19. The fourth-order valence-corrected chi connectivity index (χ4v) is 0.355. The van der Waals surface area contributed by atoms with Crippen molar-refractivity contribution in [3.63, 3.8) is 0 Å². The van der Waals surface area contributed by atoms with Gasteiger partial charge in [0, 0.05) is 21.1 Å². The Bertz CT molecular complexity index is 100. The lowest BCUT2D eigenvalue weighted by atomic mass is 10.5. The van der Waals surface area contributed by atoms with Crippen molar-refractivity contribution in [3.05, 3.63) is 0 Å². The second kappa shape index (κ2) is 3.42. The highest BCUT2D eigenvalue weighted by Crippen LogP contribution is 1.78. The van der Waals surface area contributed by atoms with Crippen LogP contribution in [0.1, 0.15) is 0 Å². The molecule has 0 heterocycles. The molecule has 0 aliphatic rings. The zero-order valence-electron chi connectivity index (χ0n) is 6.09. The molecule has 0 fully saturated rings. The molecule has 54 valence electrons. The van der Waals surface area contributed by atoms with Gasteiger partial charge < -0.3 is 4.90 Å². The van der Waals surface area contributed by atoms with Crippen molar-refractivity contribution in [3.8, 4) is 0 Å². The van der Waals surface area contributed by atoms with Gasteiger partial charge in [-0.3, -0.25) is 10.6 Å². The Morgan fingerprint density at radius 3 is 2.00 bits per heavy atom. The molecule has 0 spiro atoms. The first-order chi connectivity index (χ1) is 4.04. The number of hydrogen-bond acceptors (Lipinski definition) is 3. The third-order valence-corrected chi connectivity index (χ3v) is 0.883. The number of carbonyl (C=O) groups is 1. The Morgan fingerprint density at radius 2 is 1.89 bits per heavy atom. The van der Waals surface area contributed by atoms with Gasteiger partial charge >= 0.3 is 0 Å². The van der Waals surface area contributed by atoms with Crippen molar-refractivity contribution in [1.82, 2.24) is 9.91 Å². The van der Waals surface area contributed by atoms with Gasteiger partial charge in [-0.25, -0.2) is 5.01 Å². The molecule has 1 amide bonds. The zero-order chi connectivity index (χ0) is 7.44. The minimum Gasteiger partial charge on any atom is -0.348 e. The van der Waals surface area contributed by atoms with E-state index in [9.17, 15) is 4.79 Å². The van der Waals surface area contributed by atoms with Crippen LogP contribution in [0.15, 0.2) is 0 Å². The zero-order valence-corrected chi connectivity index (χ0v) is 6.09. The highest BCUT2D eigenvalue weighted by molar-refractivity contribution is 5.77. The van der Waals surface area contributed by atoms with Gasteiger partial charge in [0.1, 0.15) is 0 Å². The lowest BCUT2D eigenvalue weighted by Gasteiger charge is -2.13. The van der Waals surface area contributed by atoms with E-state index < -0.39 is 0 Å². The molecule has 0 bridgehead atoms. The quantitative estimate of drug-likeness (QED) is 0.381. The van der Waals surface area contributed by atoms with Gasteiger partial charge in [-0.1, -0.05) is 0 Å². The molecule has 0 unspecified atom stereocenters. The van der Waals surface area contributed by atoms with Gasteiger partial charge in [0.05, 0.1) is 6.54 Å². The molecule has 0 aromatic rings. The summed E-state index contributed by atoms with van der Waals surface area (Å²) in [7, 11) is 5.05. The van der Waals surface area contributed by atoms with Gasteiger partial charge in [-0.05, 0) is 0 Å². The molecular formula is C5H13N3O. The average molecular weight is 131 g/mol. The molecule has 4 nitrogen and oxygen atoms in total. The van der Waals surface area contributed by atoms with E-state index in [0.717, 1.165) is 0 Å². The monoisotopic (exact) mass is 131 g/mol. The highest BCUT2D eigenvalue weighted by Gasteiger charge is 2.03. The van der Waals surface area contributed by atoms with Crippen molar-refractivity contribution in [2.45, 2.75) is 0 Å². The number of amides is 1. The van der Waals surface area contributed by atoms with E-state index in [-0.39, 0.29) is 12.5 Å². The predicted molar refractivity (Wildman–Crippen MR) is 35.5 cm³/mol. The third-order valence-electron chi connectivity index (χ3n) is 0.883. The summed E-state index contributed by atoms with van der Waals surface area (Å²) in [4.78, 5) is 12.3. The van der Waals surface area contributed by atoms with Crippen molar-refractivity contribution in [2.24, 2.45) is 5.84 Å². The van der Waals surface area contributed by atoms with Crippen LogP contribution in [0.4, 0.5) is 0 Å². The SMILES string of the molecule is CN(N)CC(=O)N(C)C. The normalized spacial score (nSPS) is 9.89. The summed E-state index contributed by atoms with van der Waals surface area (Å²) in [5.74, 6) is 5.23. The van der Waals surface area contributed by atoms with Crippen LogP contribution >= 0.6 is 0 Å². The van der Waals surface area contributed by atoms with Crippen molar-refractivity contribution >= 4 is 5.91 Å². The maximum atomic E-state index is 10.8. The summed E-state index contributed by atoms with van der Waals surface area (Å²) in [6, 6.07) is 0. The fourth-order valence-electron chi connectivity index (χ4n) is 0.355. The summed E-state index contributed by atoms with van der Waals surface area (Å²) in [5, 5.41) is 1.35. The topological polar surface area (TPSA) is 49.6 Å². The molecule has 0 aliphatic carbocycles. The lowest BCUT2D eigenvalue weighted by molar-refractivity contribution is -0.129. The number of nitrogens with two attached hydrogens (primary N) is 1. The highest BCUT2D eigenvalue weighted by atomic mass is 16.2. The van der Waals surface area contributed by atoms with Crippen molar-refractivity contribution in [2.75, 3.05) is 27.7 Å². The van der Waals surface area contributed by atoms with Crippen molar-refractivity contribution in [1.29, 1.82) is 0 Å². The Balaban J connectivity index is 3.51. The molecule has 4 heteroatoms. The van der Waals surface area contributed by atoms with Crippen LogP contribution in [0.25, 0.3) is 0 Å². The van der Waals surface area contributed by atoms with Crippen LogP contribution in [-0.4, -0.2) is 43.5 Å². The van der Waals surface area contributed by atoms with E-state index in [4.69, 9.17) is 5.84 Å². The maximum absolute atomic E-state index is 10.8. The largest absolute Gasteiger partial charge is 0.348 e. The lowest BCUT2D eigenvalue weighted by Crippen LogP contribution is -2.37. The van der Waals surface area contributed by atoms with E-state index in [0.29, 0.717) is 0 Å². The minimum absolute atomic E-state index is 0.0139. The van der Waals surface area contributed by atoms with E-state index >= 15 is 0 Å². The molecule has 0 saturated heterocycles. The molecule has 0 saturated carbocycles. The first-order valence-corrected chi connectivity index (χ1v) is 2.70. The molecule has 0 rings (SSSR count). The molecule has 9 heavy (non-hydrogen) atoms. The van der Waals surface area contributed by atoms with Crippen LogP contribution in [0.5, 0.6) is 0 Å². The average Bonchev–Trinajstić information content (AvgIpc) is 1.63. The van der Waals surface area contributed by atoms with E-state index in [1.54, 1.807) is 21.1 Å². The molecule has 0 aromatic carbocycles. The van der Waals surface area contributed by atoms with Gasteiger partial charge in [0.2, 0.25) is 5.91 Å². The van der Waals surface area contributed by atoms with Crippen LogP contribution in [0, 0.1) is 0 Å². The number of likely N-dealkylation sites (N-methyl/N-ethyl adjacent to an activating group) is 2. The summed E-state index contributed by atoms with van der Waals surface area (Å²) in [6.45, 7) is 0.271. The summed E-state index contributed by atoms with van der Waals surface area (Å²) in [5.41, 5.74) is 0. The van der Waals surface area contributed by atoms with Crippen LogP contribution in [-0.2, 0) is 4.79 Å². The van der Waals surface area contributed by atoms with E-state index in [1.165, 1.54) is 9.91 Å².